The highest BCUT2D eigenvalue weighted by Gasteiger charge is 2.16. The van der Waals surface area contributed by atoms with Crippen LogP contribution in [0.25, 0.3) is 0 Å². The first-order valence-corrected chi connectivity index (χ1v) is 7.82. The Labute approximate surface area is 137 Å². The Morgan fingerprint density at radius 2 is 1.64 bits per heavy atom. The molecule has 2 aromatic carbocycles. The molecule has 0 aromatic heterocycles. The third kappa shape index (κ3) is 3.89. The van der Waals surface area contributed by atoms with Gasteiger partial charge in [0.2, 0.25) is 0 Å². The molecule has 0 saturated carbocycles. The highest BCUT2D eigenvalue weighted by Crippen LogP contribution is 2.24. The monoisotopic (exact) mass is 315 g/mol. The van der Waals surface area contributed by atoms with Crippen molar-refractivity contribution in [2.75, 3.05) is 0 Å². The Hall–Kier alpha value is -1.80. The maximum atomic E-state index is 12.3. The fourth-order valence-corrected chi connectivity index (χ4v) is 2.50. The molecule has 1 atom stereocenters. The van der Waals surface area contributed by atoms with E-state index in [1.165, 1.54) is 5.56 Å². The van der Waals surface area contributed by atoms with Gasteiger partial charge >= 0.3 is 0 Å². The molecule has 3 heteroatoms. The highest BCUT2D eigenvalue weighted by molar-refractivity contribution is 6.33. The van der Waals surface area contributed by atoms with Crippen LogP contribution in [0.1, 0.15) is 55.2 Å². The summed E-state index contributed by atoms with van der Waals surface area (Å²) in [6.07, 6.45) is 0. The largest absolute Gasteiger partial charge is 0.345 e. The van der Waals surface area contributed by atoms with Gasteiger partial charge in [0, 0.05) is 0 Å². The lowest BCUT2D eigenvalue weighted by Crippen LogP contribution is -2.27. The zero-order chi connectivity index (χ0) is 16.3. The van der Waals surface area contributed by atoms with Gasteiger partial charge < -0.3 is 5.32 Å². The summed E-state index contributed by atoms with van der Waals surface area (Å²) < 4.78 is 0. The third-order valence-corrected chi connectivity index (χ3v) is 4.07. The van der Waals surface area contributed by atoms with Gasteiger partial charge in [-0.05, 0) is 35.6 Å². The summed E-state index contributed by atoms with van der Waals surface area (Å²) in [4.78, 5) is 12.3. The maximum absolute atomic E-state index is 12.3. The summed E-state index contributed by atoms with van der Waals surface area (Å²) >= 11 is 6.06. The van der Waals surface area contributed by atoms with Crippen molar-refractivity contribution in [3.05, 3.63) is 70.2 Å². The zero-order valence-electron chi connectivity index (χ0n) is 13.5. The number of halogens is 1. The lowest BCUT2D eigenvalue weighted by Gasteiger charge is -2.21. The molecule has 2 nitrogen and oxygen atoms in total. The molecule has 0 fully saturated rings. The molecule has 1 N–H and O–H groups in total. The van der Waals surface area contributed by atoms with E-state index in [9.17, 15) is 4.79 Å². The molecule has 0 aliphatic carbocycles. The number of benzene rings is 2. The van der Waals surface area contributed by atoms with E-state index in [0.717, 1.165) is 5.56 Å². The second-order valence-corrected chi connectivity index (χ2v) is 6.95. The number of hydrogen-bond acceptors (Lipinski definition) is 1. The summed E-state index contributed by atoms with van der Waals surface area (Å²) in [5.41, 5.74) is 2.99. The van der Waals surface area contributed by atoms with Crippen LogP contribution in [0, 0.1) is 0 Å². The molecule has 116 valence electrons. The summed E-state index contributed by atoms with van der Waals surface area (Å²) in [5.74, 6) is -0.155. The van der Waals surface area contributed by atoms with Gasteiger partial charge in [0.15, 0.2) is 0 Å². The van der Waals surface area contributed by atoms with Gasteiger partial charge in [0.25, 0.3) is 5.91 Å². The predicted molar refractivity (Wildman–Crippen MR) is 92.5 cm³/mol. The van der Waals surface area contributed by atoms with Crippen LogP contribution < -0.4 is 5.32 Å². The van der Waals surface area contributed by atoms with Gasteiger partial charge in [-0.3, -0.25) is 4.79 Å². The van der Waals surface area contributed by atoms with E-state index in [-0.39, 0.29) is 17.4 Å². The predicted octanol–water partition coefficient (Wildman–Crippen LogP) is 5.13. The molecule has 0 aliphatic rings. The topological polar surface area (TPSA) is 29.1 Å². The van der Waals surface area contributed by atoms with E-state index in [0.29, 0.717) is 10.6 Å². The van der Waals surface area contributed by atoms with Gasteiger partial charge in [0.1, 0.15) is 0 Å². The molecule has 0 spiro atoms. The molecule has 1 amide bonds. The third-order valence-electron chi connectivity index (χ3n) is 3.74. The first-order valence-electron chi connectivity index (χ1n) is 7.45. The maximum Gasteiger partial charge on any atom is 0.253 e. The normalized spacial score (nSPS) is 12.8. The van der Waals surface area contributed by atoms with Crippen LogP contribution in [0.5, 0.6) is 0 Å². The summed E-state index contributed by atoms with van der Waals surface area (Å²) in [5, 5.41) is 3.46. The van der Waals surface area contributed by atoms with Crippen LogP contribution in [0.15, 0.2) is 48.5 Å². The first-order chi connectivity index (χ1) is 10.3. The first kappa shape index (κ1) is 16.6. The number of carbonyl (C=O) groups excluding carboxylic acids is 1. The van der Waals surface area contributed by atoms with Crippen molar-refractivity contribution in [2.24, 2.45) is 0 Å². The lowest BCUT2D eigenvalue weighted by molar-refractivity contribution is 0.0940. The molecule has 0 aliphatic heterocycles. The van der Waals surface area contributed by atoms with Crippen molar-refractivity contribution in [1.29, 1.82) is 0 Å². The van der Waals surface area contributed by atoms with Crippen molar-refractivity contribution < 1.29 is 4.79 Å². The van der Waals surface area contributed by atoms with Crippen LogP contribution in [-0.4, -0.2) is 5.91 Å². The fraction of sp³-hybridized carbons (Fsp3) is 0.316. The minimum Gasteiger partial charge on any atom is -0.345 e. The van der Waals surface area contributed by atoms with Crippen molar-refractivity contribution in [2.45, 2.75) is 39.2 Å². The molecule has 0 saturated heterocycles. The molecular formula is C19H22ClNO. The SMILES string of the molecule is CC(NC(=O)c1ccccc1Cl)c1ccc(C(C)(C)C)cc1. The summed E-state index contributed by atoms with van der Waals surface area (Å²) in [6.45, 7) is 8.53. The number of nitrogens with one attached hydrogen (secondary N) is 1. The number of hydrogen-bond donors (Lipinski definition) is 1. The second kappa shape index (κ2) is 6.53. The van der Waals surface area contributed by atoms with Crippen LogP contribution in [-0.2, 0) is 5.41 Å². The van der Waals surface area contributed by atoms with Gasteiger partial charge in [-0.25, -0.2) is 0 Å². The average molecular weight is 316 g/mol. The van der Waals surface area contributed by atoms with Crippen molar-refractivity contribution >= 4 is 17.5 Å². The van der Waals surface area contributed by atoms with Gasteiger partial charge in [-0.2, -0.15) is 0 Å². The molecule has 2 rings (SSSR count). The van der Waals surface area contributed by atoms with Crippen LogP contribution in [0.4, 0.5) is 0 Å². The smallest absolute Gasteiger partial charge is 0.253 e. The zero-order valence-corrected chi connectivity index (χ0v) is 14.2. The van der Waals surface area contributed by atoms with Gasteiger partial charge in [-0.1, -0.05) is 68.8 Å². The molecule has 2 aromatic rings. The number of amides is 1. The van der Waals surface area contributed by atoms with Crippen LogP contribution in [0.3, 0.4) is 0 Å². The molecule has 22 heavy (non-hydrogen) atoms. The van der Waals surface area contributed by atoms with Gasteiger partial charge in [-0.15, -0.1) is 0 Å². The van der Waals surface area contributed by atoms with Crippen LogP contribution in [0.2, 0.25) is 5.02 Å². The average Bonchev–Trinajstić information content (AvgIpc) is 2.46. The summed E-state index contributed by atoms with van der Waals surface area (Å²) in [6, 6.07) is 15.4. The molecule has 0 radical (unpaired) electrons. The number of carbonyl (C=O) groups is 1. The quantitative estimate of drug-likeness (QED) is 0.836. The molecule has 0 heterocycles. The Morgan fingerprint density at radius 1 is 1.05 bits per heavy atom. The Bertz CT molecular complexity index is 656. The Balaban J connectivity index is 2.11. The number of rotatable bonds is 3. The van der Waals surface area contributed by atoms with E-state index in [1.54, 1.807) is 12.1 Å². The molecular weight excluding hydrogens is 294 g/mol. The van der Waals surface area contributed by atoms with E-state index < -0.39 is 0 Å². The second-order valence-electron chi connectivity index (χ2n) is 6.55. The van der Waals surface area contributed by atoms with E-state index >= 15 is 0 Å². The van der Waals surface area contributed by atoms with Crippen molar-refractivity contribution in [1.82, 2.24) is 5.32 Å². The molecule has 0 bridgehead atoms. The lowest BCUT2D eigenvalue weighted by atomic mass is 9.86. The van der Waals surface area contributed by atoms with Gasteiger partial charge in [0.05, 0.1) is 16.6 Å². The Kier molecular flexibility index (Phi) is 4.92. The minimum absolute atomic E-state index is 0.0715. The molecule has 1 unspecified atom stereocenters. The highest BCUT2D eigenvalue weighted by atomic mass is 35.5. The van der Waals surface area contributed by atoms with Crippen LogP contribution >= 0.6 is 11.6 Å². The standard InChI is InChI=1S/C19H22ClNO/c1-13(14-9-11-15(12-10-14)19(2,3)4)21-18(22)16-7-5-6-8-17(16)20/h5-13H,1-4H3,(H,21,22). The minimum atomic E-state index is -0.155. The van der Waals surface area contributed by atoms with E-state index in [1.807, 2.05) is 19.1 Å². The fourth-order valence-electron chi connectivity index (χ4n) is 2.27. The Morgan fingerprint density at radius 3 is 2.18 bits per heavy atom. The van der Waals surface area contributed by atoms with E-state index in [4.69, 9.17) is 11.6 Å². The van der Waals surface area contributed by atoms with Crippen molar-refractivity contribution in [3.63, 3.8) is 0 Å². The van der Waals surface area contributed by atoms with E-state index in [2.05, 4.69) is 50.4 Å². The van der Waals surface area contributed by atoms with Crippen molar-refractivity contribution in [3.8, 4) is 0 Å². The summed E-state index contributed by atoms with van der Waals surface area (Å²) in [7, 11) is 0.